The highest BCUT2D eigenvalue weighted by Gasteiger charge is 2.23. The van der Waals surface area contributed by atoms with Gasteiger partial charge in [0.15, 0.2) is 0 Å². The fraction of sp³-hybridized carbons (Fsp3) is 0.235. The van der Waals surface area contributed by atoms with Crippen molar-refractivity contribution in [2.75, 3.05) is 6.61 Å². The highest BCUT2D eigenvalue weighted by atomic mass is 16.6. The van der Waals surface area contributed by atoms with Crippen LogP contribution >= 0.6 is 0 Å². The molecule has 7 nitrogen and oxygen atoms in total. The summed E-state index contributed by atoms with van der Waals surface area (Å²) in [5.74, 6) is -0.421. The van der Waals surface area contributed by atoms with Crippen molar-refractivity contribution in [3.8, 4) is 0 Å². The molecule has 0 saturated carbocycles. The van der Waals surface area contributed by atoms with Crippen LogP contribution in [0, 0.1) is 17.0 Å². The van der Waals surface area contributed by atoms with Crippen molar-refractivity contribution >= 4 is 11.6 Å². The van der Waals surface area contributed by atoms with Crippen molar-refractivity contribution in [1.82, 2.24) is 5.32 Å². The summed E-state index contributed by atoms with van der Waals surface area (Å²) >= 11 is 0. The Morgan fingerprint density at radius 2 is 1.75 bits per heavy atom. The molecule has 2 atom stereocenters. The predicted molar refractivity (Wildman–Crippen MR) is 87.6 cm³/mol. The number of nitro groups is 1. The molecule has 0 radical (unpaired) electrons. The zero-order chi connectivity index (χ0) is 17.7. The predicted octanol–water partition coefficient (Wildman–Crippen LogP) is 1.73. The third-order valence-electron chi connectivity index (χ3n) is 3.65. The number of hydrogen-bond donors (Lipinski definition) is 3. The van der Waals surface area contributed by atoms with Crippen molar-refractivity contribution in [2.24, 2.45) is 0 Å². The molecule has 2 aromatic rings. The van der Waals surface area contributed by atoms with Gasteiger partial charge < -0.3 is 15.5 Å². The van der Waals surface area contributed by atoms with E-state index in [1.165, 1.54) is 24.3 Å². The van der Waals surface area contributed by atoms with Gasteiger partial charge in [-0.3, -0.25) is 14.9 Å². The van der Waals surface area contributed by atoms with Crippen LogP contribution in [0.1, 0.15) is 27.6 Å². The standard InChI is InChI=1S/C17H18N2O5/c1-11-2-4-13(5-3-11)17(22)18-15(10-20)16(21)12-6-8-14(9-7-12)19(23)24/h2-9,15-16,20-21H,10H2,1H3,(H,18,22)/t15-,16+/m0/s1. The normalized spacial score (nSPS) is 13.1. The summed E-state index contributed by atoms with van der Waals surface area (Å²) < 4.78 is 0. The molecule has 126 valence electrons. The van der Waals surface area contributed by atoms with E-state index >= 15 is 0 Å². The summed E-state index contributed by atoms with van der Waals surface area (Å²) in [6, 6.07) is 11.2. The largest absolute Gasteiger partial charge is 0.394 e. The minimum atomic E-state index is -1.19. The Bertz CT molecular complexity index is 713. The van der Waals surface area contributed by atoms with Gasteiger partial charge >= 0.3 is 0 Å². The van der Waals surface area contributed by atoms with E-state index in [4.69, 9.17) is 0 Å². The van der Waals surface area contributed by atoms with Crippen LogP contribution in [0.3, 0.4) is 0 Å². The third kappa shape index (κ3) is 4.15. The van der Waals surface area contributed by atoms with Gasteiger partial charge in [0.2, 0.25) is 0 Å². The van der Waals surface area contributed by atoms with Crippen LogP contribution in [-0.2, 0) is 0 Å². The number of carbonyl (C=O) groups is 1. The van der Waals surface area contributed by atoms with Gasteiger partial charge in [-0.1, -0.05) is 17.7 Å². The average Bonchev–Trinajstić information content (AvgIpc) is 2.59. The van der Waals surface area contributed by atoms with Crippen LogP contribution < -0.4 is 5.32 Å². The Morgan fingerprint density at radius 3 is 2.25 bits per heavy atom. The Morgan fingerprint density at radius 1 is 1.17 bits per heavy atom. The second kappa shape index (κ2) is 7.67. The maximum atomic E-state index is 12.2. The first-order chi connectivity index (χ1) is 11.4. The molecule has 0 aliphatic carbocycles. The summed E-state index contributed by atoms with van der Waals surface area (Å²) in [4.78, 5) is 22.3. The summed E-state index contributed by atoms with van der Waals surface area (Å²) in [5.41, 5.74) is 1.69. The lowest BCUT2D eigenvalue weighted by molar-refractivity contribution is -0.384. The number of non-ortho nitro benzene ring substituents is 1. The highest BCUT2D eigenvalue weighted by molar-refractivity contribution is 5.94. The number of rotatable bonds is 6. The molecule has 7 heteroatoms. The fourth-order valence-corrected chi connectivity index (χ4v) is 2.21. The van der Waals surface area contributed by atoms with E-state index < -0.39 is 29.6 Å². The molecule has 0 spiro atoms. The molecule has 0 saturated heterocycles. The molecule has 0 unspecified atom stereocenters. The second-order valence-electron chi connectivity index (χ2n) is 5.42. The monoisotopic (exact) mass is 330 g/mol. The molecule has 3 N–H and O–H groups in total. The number of nitro benzene ring substituents is 1. The van der Waals surface area contributed by atoms with Crippen molar-refractivity contribution < 1.29 is 19.9 Å². The van der Waals surface area contributed by atoms with E-state index in [1.54, 1.807) is 24.3 Å². The van der Waals surface area contributed by atoms with E-state index in [1.807, 2.05) is 6.92 Å². The van der Waals surface area contributed by atoms with E-state index in [0.717, 1.165) is 5.56 Å². The van der Waals surface area contributed by atoms with E-state index in [9.17, 15) is 25.1 Å². The number of hydrogen-bond acceptors (Lipinski definition) is 5. The average molecular weight is 330 g/mol. The molecule has 24 heavy (non-hydrogen) atoms. The molecule has 2 aromatic carbocycles. The molecule has 0 aromatic heterocycles. The Balaban J connectivity index is 2.10. The first kappa shape index (κ1) is 17.6. The van der Waals surface area contributed by atoms with E-state index in [0.29, 0.717) is 11.1 Å². The van der Waals surface area contributed by atoms with Crippen LogP contribution in [-0.4, -0.2) is 33.7 Å². The van der Waals surface area contributed by atoms with Crippen LogP contribution in [0.2, 0.25) is 0 Å². The summed E-state index contributed by atoms with van der Waals surface area (Å²) in [6.45, 7) is 1.42. The van der Waals surface area contributed by atoms with Crippen molar-refractivity contribution in [3.05, 3.63) is 75.3 Å². The van der Waals surface area contributed by atoms with Crippen LogP contribution in [0.5, 0.6) is 0 Å². The number of aliphatic hydroxyl groups is 2. The van der Waals surface area contributed by atoms with Crippen LogP contribution in [0.4, 0.5) is 5.69 Å². The number of aryl methyl sites for hydroxylation is 1. The van der Waals surface area contributed by atoms with Crippen molar-refractivity contribution in [1.29, 1.82) is 0 Å². The Kier molecular flexibility index (Phi) is 5.62. The lowest BCUT2D eigenvalue weighted by Crippen LogP contribution is -2.41. The number of benzene rings is 2. The lowest BCUT2D eigenvalue weighted by atomic mass is 10.0. The maximum Gasteiger partial charge on any atom is 0.269 e. The summed E-state index contributed by atoms with van der Waals surface area (Å²) in [6.07, 6.45) is -1.19. The molecule has 0 bridgehead atoms. The summed E-state index contributed by atoms with van der Waals surface area (Å²) in [7, 11) is 0. The SMILES string of the molecule is Cc1ccc(C(=O)N[C@@H](CO)[C@H](O)c2ccc([N+](=O)[O-])cc2)cc1. The Labute approximate surface area is 138 Å². The van der Waals surface area contributed by atoms with Gasteiger partial charge in [0.1, 0.15) is 6.10 Å². The highest BCUT2D eigenvalue weighted by Crippen LogP contribution is 2.20. The Hall–Kier alpha value is -2.77. The topological polar surface area (TPSA) is 113 Å². The number of amides is 1. The van der Waals surface area contributed by atoms with Gasteiger partial charge in [-0.25, -0.2) is 0 Å². The lowest BCUT2D eigenvalue weighted by Gasteiger charge is -2.22. The molecule has 2 rings (SSSR count). The maximum absolute atomic E-state index is 12.2. The van der Waals surface area contributed by atoms with Gasteiger partial charge in [-0.05, 0) is 36.8 Å². The van der Waals surface area contributed by atoms with Gasteiger partial charge in [0, 0.05) is 17.7 Å². The van der Waals surface area contributed by atoms with Gasteiger partial charge in [0.25, 0.3) is 11.6 Å². The smallest absolute Gasteiger partial charge is 0.269 e. The number of carbonyl (C=O) groups excluding carboxylic acids is 1. The second-order valence-corrected chi connectivity index (χ2v) is 5.42. The number of aliphatic hydroxyl groups excluding tert-OH is 2. The minimum absolute atomic E-state index is 0.102. The minimum Gasteiger partial charge on any atom is -0.394 e. The third-order valence-corrected chi connectivity index (χ3v) is 3.65. The van der Waals surface area contributed by atoms with Crippen molar-refractivity contribution in [2.45, 2.75) is 19.1 Å². The zero-order valence-electron chi connectivity index (χ0n) is 13.0. The summed E-state index contributed by atoms with van der Waals surface area (Å²) in [5, 5.41) is 33.0. The fourth-order valence-electron chi connectivity index (χ4n) is 2.21. The quantitative estimate of drug-likeness (QED) is 0.551. The number of nitrogens with zero attached hydrogens (tertiary/aromatic N) is 1. The zero-order valence-corrected chi connectivity index (χ0v) is 13.0. The van der Waals surface area contributed by atoms with Crippen LogP contribution in [0.15, 0.2) is 48.5 Å². The van der Waals surface area contributed by atoms with Gasteiger partial charge in [-0.15, -0.1) is 0 Å². The van der Waals surface area contributed by atoms with Gasteiger partial charge in [0.05, 0.1) is 17.6 Å². The first-order valence-electron chi connectivity index (χ1n) is 7.33. The van der Waals surface area contributed by atoms with Gasteiger partial charge in [-0.2, -0.15) is 0 Å². The van der Waals surface area contributed by atoms with E-state index in [2.05, 4.69) is 5.32 Å². The molecular formula is C17H18N2O5. The molecule has 0 heterocycles. The first-order valence-corrected chi connectivity index (χ1v) is 7.33. The van der Waals surface area contributed by atoms with Crippen molar-refractivity contribution in [3.63, 3.8) is 0 Å². The molecular weight excluding hydrogens is 312 g/mol. The van der Waals surface area contributed by atoms with Crippen LogP contribution in [0.25, 0.3) is 0 Å². The molecule has 0 aliphatic rings. The number of nitrogens with one attached hydrogen (secondary N) is 1. The molecule has 0 aliphatic heterocycles. The van der Waals surface area contributed by atoms with E-state index in [-0.39, 0.29) is 5.69 Å². The molecule has 1 amide bonds. The molecule has 0 fully saturated rings.